The number of aliphatic hydroxyl groups excluding tert-OH is 1. The Morgan fingerprint density at radius 2 is 1.91 bits per heavy atom. The Hall–Kier alpha value is -2.12. The zero-order chi connectivity index (χ0) is 23.1. The molecular formula is C25H33ClN2O4. The molecule has 0 fully saturated rings. The van der Waals surface area contributed by atoms with Crippen molar-refractivity contribution in [3.63, 3.8) is 0 Å². The van der Waals surface area contributed by atoms with Crippen molar-refractivity contribution in [3.8, 4) is 5.75 Å². The van der Waals surface area contributed by atoms with Gasteiger partial charge in [-0.15, -0.1) is 0 Å². The van der Waals surface area contributed by atoms with Gasteiger partial charge >= 0.3 is 0 Å². The molecule has 6 nitrogen and oxygen atoms in total. The van der Waals surface area contributed by atoms with Crippen molar-refractivity contribution in [3.05, 3.63) is 64.7 Å². The Balaban J connectivity index is 1.63. The van der Waals surface area contributed by atoms with Gasteiger partial charge in [-0.1, -0.05) is 35.0 Å². The Bertz CT molecular complexity index is 896. The maximum atomic E-state index is 10.6. The number of hydrogen-bond acceptors (Lipinski definition) is 6. The van der Waals surface area contributed by atoms with Gasteiger partial charge in [0.25, 0.3) is 0 Å². The number of halogens is 1. The van der Waals surface area contributed by atoms with Crippen molar-refractivity contribution in [2.45, 2.75) is 51.5 Å². The summed E-state index contributed by atoms with van der Waals surface area (Å²) in [5.41, 5.74) is 2.63. The van der Waals surface area contributed by atoms with Gasteiger partial charge in [-0.3, -0.25) is 4.90 Å². The minimum Gasteiger partial charge on any atom is -0.497 e. The van der Waals surface area contributed by atoms with Crippen molar-refractivity contribution in [1.82, 2.24) is 4.90 Å². The van der Waals surface area contributed by atoms with E-state index in [2.05, 4.69) is 10.1 Å². The summed E-state index contributed by atoms with van der Waals surface area (Å²) in [7, 11) is 1.65. The highest BCUT2D eigenvalue weighted by Crippen LogP contribution is 2.22. The molecule has 1 N–H and O–H groups in total. The van der Waals surface area contributed by atoms with E-state index in [-0.39, 0.29) is 18.3 Å². The monoisotopic (exact) mass is 460 g/mol. The van der Waals surface area contributed by atoms with Crippen LogP contribution in [0.25, 0.3) is 0 Å². The molecule has 2 unspecified atom stereocenters. The summed E-state index contributed by atoms with van der Waals surface area (Å²) in [5.74, 6) is 0.808. The highest BCUT2D eigenvalue weighted by Gasteiger charge is 2.26. The highest BCUT2D eigenvalue weighted by molar-refractivity contribution is 6.31. The van der Waals surface area contributed by atoms with E-state index < -0.39 is 6.10 Å². The van der Waals surface area contributed by atoms with Crippen LogP contribution in [0.4, 0.5) is 0 Å². The number of nitrogens with zero attached hydrogens (tertiary/aromatic N) is 2. The van der Waals surface area contributed by atoms with Crippen molar-refractivity contribution >= 4 is 17.3 Å². The molecule has 1 aliphatic heterocycles. The van der Waals surface area contributed by atoms with Crippen LogP contribution in [0, 0.1) is 0 Å². The van der Waals surface area contributed by atoms with Crippen LogP contribution in [0.15, 0.2) is 53.7 Å². The first-order valence-electron chi connectivity index (χ1n) is 10.9. The van der Waals surface area contributed by atoms with E-state index in [1.807, 2.05) is 69.3 Å². The topological polar surface area (TPSA) is 63.5 Å². The molecule has 0 spiro atoms. The van der Waals surface area contributed by atoms with Crippen LogP contribution in [0.3, 0.4) is 0 Å². The lowest BCUT2D eigenvalue weighted by Gasteiger charge is -2.29. The lowest BCUT2D eigenvalue weighted by molar-refractivity contribution is -0.0600. The predicted octanol–water partition coefficient (Wildman–Crippen LogP) is 4.52. The number of oxime groups is 1. The Kier molecular flexibility index (Phi) is 8.54. The van der Waals surface area contributed by atoms with Gasteiger partial charge in [0.2, 0.25) is 0 Å². The normalized spacial score (nSPS) is 17.2. The van der Waals surface area contributed by atoms with Crippen LogP contribution < -0.4 is 4.74 Å². The quantitative estimate of drug-likeness (QED) is 0.564. The van der Waals surface area contributed by atoms with Crippen molar-refractivity contribution in [2.75, 3.05) is 26.8 Å². The first kappa shape index (κ1) is 24.5. The van der Waals surface area contributed by atoms with Crippen LogP contribution >= 0.6 is 11.6 Å². The summed E-state index contributed by atoms with van der Waals surface area (Å²) in [6.07, 6.45) is -0.0367. The lowest BCUT2D eigenvalue weighted by atomic mass is 10.0. The number of hydrogen-bond donors (Lipinski definition) is 1. The van der Waals surface area contributed by atoms with Gasteiger partial charge in [-0.2, -0.15) is 0 Å². The molecule has 174 valence electrons. The smallest absolute Gasteiger partial charge is 0.145 e. The van der Waals surface area contributed by atoms with Crippen LogP contribution in [-0.2, 0) is 16.1 Å². The Labute approximate surface area is 195 Å². The zero-order valence-corrected chi connectivity index (χ0v) is 20.0. The average Bonchev–Trinajstić information content (AvgIpc) is 3.22. The summed E-state index contributed by atoms with van der Waals surface area (Å²) in [4.78, 5) is 7.89. The van der Waals surface area contributed by atoms with E-state index in [4.69, 9.17) is 25.9 Å². The van der Waals surface area contributed by atoms with Gasteiger partial charge < -0.3 is 19.4 Å². The highest BCUT2D eigenvalue weighted by atomic mass is 35.5. The minimum atomic E-state index is -0.625. The van der Waals surface area contributed by atoms with Crippen molar-refractivity contribution < 1.29 is 19.4 Å². The maximum absolute atomic E-state index is 10.6. The molecule has 0 radical (unpaired) electrons. The molecule has 3 rings (SSSR count). The first-order valence-corrected chi connectivity index (χ1v) is 11.3. The summed E-state index contributed by atoms with van der Waals surface area (Å²) in [5, 5.41) is 15.6. The number of aliphatic hydroxyl groups is 1. The SMILES string of the molecule is COc1ccc(C2=NOC(CN(Cc3ccccc3Cl)CC(O)COC(C)(C)C)C2)cc1. The van der Waals surface area contributed by atoms with Gasteiger partial charge in [0, 0.05) is 31.1 Å². The van der Waals surface area contributed by atoms with Gasteiger partial charge in [-0.05, 0) is 62.2 Å². The fourth-order valence-corrected chi connectivity index (χ4v) is 3.73. The third-order valence-electron chi connectivity index (χ3n) is 5.15. The van der Waals surface area contributed by atoms with Gasteiger partial charge in [0.05, 0.1) is 31.1 Å². The van der Waals surface area contributed by atoms with E-state index in [9.17, 15) is 5.11 Å². The van der Waals surface area contributed by atoms with E-state index in [1.54, 1.807) is 7.11 Å². The minimum absolute atomic E-state index is 0.106. The second-order valence-corrected chi connectivity index (χ2v) is 9.47. The van der Waals surface area contributed by atoms with E-state index in [0.29, 0.717) is 31.1 Å². The molecule has 7 heteroatoms. The molecule has 0 saturated heterocycles. The summed E-state index contributed by atoms with van der Waals surface area (Å²) < 4.78 is 11.0. The molecule has 1 heterocycles. The van der Waals surface area contributed by atoms with Gasteiger partial charge in [0.1, 0.15) is 11.9 Å². The third-order valence-corrected chi connectivity index (χ3v) is 5.52. The molecule has 32 heavy (non-hydrogen) atoms. The number of benzene rings is 2. The van der Waals surface area contributed by atoms with Gasteiger partial charge in [0.15, 0.2) is 0 Å². The van der Waals surface area contributed by atoms with E-state index >= 15 is 0 Å². The zero-order valence-electron chi connectivity index (χ0n) is 19.3. The molecule has 2 aromatic rings. The van der Waals surface area contributed by atoms with E-state index in [0.717, 1.165) is 22.6 Å². The van der Waals surface area contributed by atoms with Crippen LogP contribution in [0.1, 0.15) is 38.3 Å². The van der Waals surface area contributed by atoms with E-state index in [1.165, 1.54) is 0 Å². The van der Waals surface area contributed by atoms with Crippen LogP contribution in [0.5, 0.6) is 5.75 Å². The second-order valence-electron chi connectivity index (χ2n) is 9.06. The van der Waals surface area contributed by atoms with Crippen molar-refractivity contribution in [2.24, 2.45) is 5.16 Å². The first-order chi connectivity index (χ1) is 15.2. The van der Waals surface area contributed by atoms with Gasteiger partial charge in [-0.25, -0.2) is 0 Å². The second kappa shape index (κ2) is 11.1. The molecule has 1 aliphatic rings. The molecule has 2 atom stereocenters. The molecule has 0 saturated carbocycles. The lowest BCUT2D eigenvalue weighted by Crippen LogP contribution is -2.40. The summed E-state index contributed by atoms with van der Waals surface area (Å²) in [6.45, 7) is 7.86. The van der Waals surface area contributed by atoms with Crippen LogP contribution in [0.2, 0.25) is 5.02 Å². The molecule has 0 amide bonds. The molecule has 0 bridgehead atoms. The molecular weight excluding hydrogens is 428 g/mol. The fourth-order valence-electron chi connectivity index (χ4n) is 3.54. The number of methoxy groups -OCH3 is 1. The molecule has 2 aromatic carbocycles. The molecule has 0 aromatic heterocycles. The van der Waals surface area contributed by atoms with Crippen molar-refractivity contribution in [1.29, 1.82) is 0 Å². The summed E-state index contributed by atoms with van der Waals surface area (Å²) >= 11 is 6.39. The number of ether oxygens (including phenoxy) is 2. The number of rotatable bonds is 10. The third kappa shape index (κ3) is 7.48. The fraction of sp³-hybridized carbons (Fsp3) is 0.480. The predicted molar refractivity (Wildman–Crippen MR) is 127 cm³/mol. The Morgan fingerprint density at radius 1 is 1.19 bits per heavy atom. The summed E-state index contributed by atoms with van der Waals surface area (Å²) in [6, 6.07) is 15.6. The maximum Gasteiger partial charge on any atom is 0.145 e. The Morgan fingerprint density at radius 3 is 2.56 bits per heavy atom. The molecule has 0 aliphatic carbocycles. The van der Waals surface area contributed by atoms with Crippen LogP contribution in [-0.4, -0.2) is 60.3 Å². The standard InChI is InChI=1S/C25H33ClN2O4/c1-25(2,3)31-17-20(29)15-28(14-19-7-5-6-8-23(19)26)16-22-13-24(27-32-22)18-9-11-21(30-4)12-10-18/h5-12,20,22,29H,13-17H2,1-4H3. The average molecular weight is 461 g/mol. The largest absolute Gasteiger partial charge is 0.497 e.